The molecular weight excluding hydrogens is 289 g/mol. The van der Waals surface area contributed by atoms with Crippen molar-refractivity contribution < 1.29 is 27.1 Å². The lowest BCUT2D eigenvalue weighted by molar-refractivity contribution is -0.153. The summed E-state index contributed by atoms with van der Waals surface area (Å²) in [6.45, 7) is 5.16. The van der Waals surface area contributed by atoms with Crippen LogP contribution in [0.3, 0.4) is 0 Å². The Bertz CT molecular complexity index is 478. The van der Waals surface area contributed by atoms with Gasteiger partial charge in [0.15, 0.2) is 0 Å². The average molecular weight is 308 g/mol. The van der Waals surface area contributed by atoms with Crippen LogP contribution in [-0.4, -0.2) is 24.8 Å². The Morgan fingerprint density at radius 2 is 2.00 bits per heavy atom. The molecule has 0 saturated carbocycles. The minimum atomic E-state index is -4.55. The number of nitrogens with two attached hydrogens (primary N) is 1. The summed E-state index contributed by atoms with van der Waals surface area (Å²) in [6, 6.07) is 2.04. The lowest BCUT2D eigenvalue weighted by Gasteiger charge is -2.21. The van der Waals surface area contributed by atoms with E-state index in [1.165, 1.54) is 6.07 Å². The molecule has 0 saturated heterocycles. The highest BCUT2D eigenvalue weighted by atomic mass is 19.4. The van der Waals surface area contributed by atoms with Crippen LogP contribution in [0.4, 0.5) is 18.0 Å². The Labute approximate surface area is 120 Å². The molecule has 21 heavy (non-hydrogen) atoms. The number of halogens is 3. The molecular formula is C13H19F3N2O3. The number of rotatable bonds is 4. The van der Waals surface area contributed by atoms with Crippen LogP contribution >= 0.6 is 0 Å². The van der Waals surface area contributed by atoms with Crippen molar-refractivity contribution in [3.63, 3.8) is 0 Å². The van der Waals surface area contributed by atoms with Gasteiger partial charge in [-0.3, -0.25) is 0 Å². The number of carbonyl (C=O) groups is 1. The van der Waals surface area contributed by atoms with Gasteiger partial charge < -0.3 is 20.2 Å². The van der Waals surface area contributed by atoms with Crippen LogP contribution in [-0.2, 0) is 10.9 Å². The molecule has 0 aromatic carbocycles. The lowest BCUT2D eigenvalue weighted by Crippen LogP contribution is -2.36. The largest absolute Gasteiger partial charge is 0.456 e. The predicted octanol–water partition coefficient (Wildman–Crippen LogP) is 2.87. The van der Waals surface area contributed by atoms with E-state index in [0.29, 0.717) is 0 Å². The van der Waals surface area contributed by atoms with Crippen LogP contribution < -0.4 is 11.1 Å². The van der Waals surface area contributed by atoms with Crippen LogP contribution in [0.1, 0.15) is 38.2 Å². The molecule has 1 aromatic heterocycles. The summed E-state index contributed by atoms with van der Waals surface area (Å²) >= 11 is 0. The lowest BCUT2D eigenvalue weighted by atomic mass is 10.1. The summed E-state index contributed by atoms with van der Waals surface area (Å²) in [5.74, 6) is -1.58. The predicted molar refractivity (Wildman–Crippen MR) is 69.7 cm³/mol. The third kappa shape index (κ3) is 5.66. The molecule has 1 amide bonds. The number of alkyl carbamates (subject to hydrolysis) is 1. The van der Waals surface area contributed by atoms with E-state index in [2.05, 4.69) is 5.32 Å². The van der Waals surface area contributed by atoms with Crippen LogP contribution in [0.5, 0.6) is 0 Å². The maximum atomic E-state index is 12.5. The number of nitrogens with one attached hydrogen (secondary N) is 1. The first-order chi connectivity index (χ1) is 9.53. The normalized spacial score (nSPS) is 13.9. The summed E-state index contributed by atoms with van der Waals surface area (Å²) in [4.78, 5) is 11.5. The standard InChI is InChI=1S/C13H19F3N2O3/c1-12(2,3)21-11(19)18-7-8(6-17)9-4-5-10(20-9)13(14,15)16/h4-5,8H,6-7,17H2,1-3H3,(H,18,19). The van der Waals surface area contributed by atoms with E-state index in [-0.39, 0.29) is 18.8 Å². The third-order valence-corrected chi connectivity index (χ3v) is 2.48. The molecule has 0 fully saturated rings. The minimum absolute atomic E-state index is 0.0240. The molecule has 0 spiro atoms. The van der Waals surface area contributed by atoms with Gasteiger partial charge in [0, 0.05) is 19.0 Å². The van der Waals surface area contributed by atoms with Gasteiger partial charge in [0.2, 0.25) is 5.76 Å². The van der Waals surface area contributed by atoms with Gasteiger partial charge in [-0.2, -0.15) is 13.2 Å². The van der Waals surface area contributed by atoms with Crippen molar-refractivity contribution in [3.05, 3.63) is 23.7 Å². The van der Waals surface area contributed by atoms with E-state index in [0.717, 1.165) is 6.07 Å². The topological polar surface area (TPSA) is 77.5 Å². The Kier molecular flexibility index (Phi) is 5.27. The Morgan fingerprint density at radius 1 is 1.38 bits per heavy atom. The smallest absolute Gasteiger partial charge is 0.449 e. The molecule has 1 heterocycles. The van der Waals surface area contributed by atoms with Gasteiger partial charge in [-0.1, -0.05) is 0 Å². The molecule has 1 rings (SSSR count). The quantitative estimate of drug-likeness (QED) is 0.896. The van der Waals surface area contributed by atoms with Crippen molar-refractivity contribution >= 4 is 6.09 Å². The van der Waals surface area contributed by atoms with E-state index >= 15 is 0 Å². The van der Waals surface area contributed by atoms with Crippen LogP contribution in [0, 0.1) is 0 Å². The molecule has 120 valence electrons. The highest BCUT2D eigenvalue weighted by Gasteiger charge is 2.35. The van der Waals surface area contributed by atoms with Crippen molar-refractivity contribution in [3.8, 4) is 0 Å². The SMILES string of the molecule is CC(C)(C)OC(=O)NCC(CN)c1ccc(C(F)(F)F)o1. The van der Waals surface area contributed by atoms with Crippen molar-refractivity contribution in [2.24, 2.45) is 5.73 Å². The van der Waals surface area contributed by atoms with Gasteiger partial charge in [0.05, 0.1) is 0 Å². The molecule has 0 bridgehead atoms. The summed E-state index contributed by atoms with van der Waals surface area (Å²) in [5, 5.41) is 2.45. The highest BCUT2D eigenvalue weighted by molar-refractivity contribution is 5.67. The van der Waals surface area contributed by atoms with Crippen LogP contribution in [0.25, 0.3) is 0 Å². The molecule has 0 aliphatic heterocycles. The Hall–Kier alpha value is -1.70. The number of furan rings is 1. The molecule has 8 heteroatoms. The average Bonchev–Trinajstić information content (AvgIpc) is 2.76. The van der Waals surface area contributed by atoms with E-state index in [4.69, 9.17) is 14.9 Å². The summed E-state index contributed by atoms with van der Waals surface area (Å²) < 4.78 is 47.1. The van der Waals surface area contributed by atoms with Crippen LogP contribution in [0.2, 0.25) is 0 Å². The fourth-order valence-electron chi connectivity index (χ4n) is 1.55. The van der Waals surface area contributed by atoms with Gasteiger partial charge in [-0.15, -0.1) is 0 Å². The molecule has 0 aliphatic carbocycles. The summed E-state index contributed by atoms with van der Waals surface area (Å²) in [6.07, 6.45) is -5.21. The molecule has 1 aromatic rings. The van der Waals surface area contributed by atoms with Gasteiger partial charge in [0.25, 0.3) is 0 Å². The number of alkyl halides is 3. The number of ether oxygens (including phenoxy) is 1. The summed E-state index contributed by atoms with van der Waals surface area (Å²) in [5.41, 5.74) is 4.85. The van der Waals surface area contributed by atoms with Crippen molar-refractivity contribution in [1.29, 1.82) is 0 Å². The number of hydrogen-bond acceptors (Lipinski definition) is 4. The third-order valence-electron chi connectivity index (χ3n) is 2.48. The number of hydrogen-bond donors (Lipinski definition) is 2. The van der Waals surface area contributed by atoms with Crippen molar-refractivity contribution in [2.75, 3.05) is 13.1 Å². The maximum absolute atomic E-state index is 12.5. The maximum Gasteiger partial charge on any atom is 0.449 e. The molecule has 3 N–H and O–H groups in total. The minimum Gasteiger partial charge on any atom is -0.456 e. The van der Waals surface area contributed by atoms with E-state index < -0.39 is 29.5 Å². The second-order valence-electron chi connectivity index (χ2n) is 5.52. The van der Waals surface area contributed by atoms with Crippen LogP contribution in [0.15, 0.2) is 16.5 Å². The fraction of sp³-hybridized carbons (Fsp3) is 0.615. The fourth-order valence-corrected chi connectivity index (χ4v) is 1.55. The van der Waals surface area contributed by atoms with E-state index in [1.54, 1.807) is 20.8 Å². The van der Waals surface area contributed by atoms with Gasteiger partial charge in [-0.05, 0) is 32.9 Å². The molecule has 0 aliphatic rings. The monoisotopic (exact) mass is 308 g/mol. The molecule has 1 unspecified atom stereocenters. The first-order valence-electron chi connectivity index (χ1n) is 6.37. The number of amides is 1. The second-order valence-corrected chi connectivity index (χ2v) is 5.52. The highest BCUT2D eigenvalue weighted by Crippen LogP contribution is 2.32. The summed E-state index contributed by atoms with van der Waals surface area (Å²) in [7, 11) is 0. The Morgan fingerprint density at radius 3 is 2.43 bits per heavy atom. The van der Waals surface area contributed by atoms with Crippen molar-refractivity contribution in [2.45, 2.75) is 38.5 Å². The van der Waals surface area contributed by atoms with E-state index in [1.807, 2.05) is 0 Å². The molecule has 5 nitrogen and oxygen atoms in total. The zero-order valence-corrected chi connectivity index (χ0v) is 12.1. The first-order valence-corrected chi connectivity index (χ1v) is 6.37. The zero-order valence-electron chi connectivity index (χ0n) is 12.1. The molecule has 1 atom stereocenters. The molecule has 0 radical (unpaired) electrons. The Balaban J connectivity index is 2.63. The van der Waals surface area contributed by atoms with Gasteiger partial charge >= 0.3 is 12.3 Å². The first kappa shape index (κ1) is 17.4. The van der Waals surface area contributed by atoms with Gasteiger partial charge in [0.1, 0.15) is 11.4 Å². The van der Waals surface area contributed by atoms with E-state index in [9.17, 15) is 18.0 Å². The zero-order chi connectivity index (χ0) is 16.3. The van der Waals surface area contributed by atoms with Crippen molar-refractivity contribution in [1.82, 2.24) is 5.32 Å². The number of carbonyl (C=O) groups excluding carboxylic acids is 1. The van der Waals surface area contributed by atoms with Gasteiger partial charge in [-0.25, -0.2) is 4.79 Å². The second kappa shape index (κ2) is 6.38.